The van der Waals surface area contributed by atoms with Gasteiger partial charge in [0.15, 0.2) is 0 Å². The van der Waals surface area contributed by atoms with Gasteiger partial charge in [0, 0.05) is 17.2 Å². The zero-order valence-corrected chi connectivity index (χ0v) is 17.2. The van der Waals surface area contributed by atoms with E-state index in [1.165, 1.54) is 37.3 Å². The van der Waals surface area contributed by atoms with Crippen molar-refractivity contribution in [2.24, 2.45) is 0 Å². The maximum atomic E-state index is 12.5. The molecule has 1 unspecified atom stereocenters. The van der Waals surface area contributed by atoms with Crippen LogP contribution in [0.15, 0.2) is 48.8 Å². The zero-order chi connectivity index (χ0) is 22.7. The lowest BCUT2D eigenvalue weighted by molar-refractivity contribution is -0.385. The number of ether oxygens (including phenoxy) is 1. The van der Waals surface area contributed by atoms with Crippen molar-refractivity contribution in [3.63, 3.8) is 0 Å². The quantitative estimate of drug-likeness (QED) is 0.381. The fourth-order valence-electron chi connectivity index (χ4n) is 2.51. The first-order valence-corrected chi connectivity index (χ1v) is 9.31. The number of amides is 1. The third-order valence-electron chi connectivity index (χ3n) is 4.07. The molecule has 0 aliphatic rings. The molecule has 0 fully saturated rings. The minimum atomic E-state index is -0.928. The Morgan fingerprint density at radius 2 is 1.84 bits per heavy atom. The summed E-state index contributed by atoms with van der Waals surface area (Å²) < 4.78 is 6.72. The summed E-state index contributed by atoms with van der Waals surface area (Å²) in [5.41, 5.74) is -0.529. The number of benzene rings is 2. The third kappa shape index (κ3) is 5.27. The number of hydrogen-bond donors (Lipinski definition) is 1. The summed E-state index contributed by atoms with van der Waals surface area (Å²) in [7, 11) is 0. The molecule has 0 spiro atoms. The van der Waals surface area contributed by atoms with E-state index in [-0.39, 0.29) is 33.6 Å². The number of aromatic nitrogens is 2. The second-order valence-electron chi connectivity index (χ2n) is 6.25. The molecule has 0 saturated heterocycles. The lowest BCUT2D eigenvalue weighted by Crippen LogP contribution is -2.24. The van der Waals surface area contributed by atoms with Crippen molar-refractivity contribution in [3.05, 3.63) is 79.1 Å². The highest BCUT2D eigenvalue weighted by molar-refractivity contribution is 6.35. The first kappa shape index (κ1) is 22.0. The molecule has 0 aliphatic carbocycles. The summed E-state index contributed by atoms with van der Waals surface area (Å²) in [5, 5.41) is 29.0. The predicted molar refractivity (Wildman–Crippen MR) is 112 cm³/mol. The average molecular weight is 466 g/mol. The van der Waals surface area contributed by atoms with E-state index in [1.807, 2.05) is 0 Å². The lowest BCUT2D eigenvalue weighted by atomic mass is 10.2. The summed E-state index contributed by atoms with van der Waals surface area (Å²) in [5.74, 6) is -0.342. The van der Waals surface area contributed by atoms with Gasteiger partial charge in [-0.15, -0.1) is 0 Å². The Morgan fingerprint density at radius 1 is 1.13 bits per heavy atom. The van der Waals surface area contributed by atoms with Crippen LogP contribution in [-0.4, -0.2) is 25.5 Å². The standard InChI is InChI=1S/C18H13Cl2N5O6/c1-10(23-9-14(8-21-23)25(29)30)18(26)22-12-5-13(24(27)28)7-15(6-12)31-17-3-2-11(19)4-16(17)20/h2-10H,1H3,(H,22,26). The molecule has 0 bridgehead atoms. The summed E-state index contributed by atoms with van der Waals surface area (Å²) in [4.78, 5) is 33.3. The maximum Gasteiger partial charge on any atom is 0.307 e. The van der Waals surface area contributed by atoms with E-state index in [1.54, 1.807) is 0 Å². The first-order chi connectivity index (χ1) is 14.6. The van der Waals surface area contributed by atoms with E-state index in [9.17, 15) is 25.0 Å². The predicted octanol–water partition coefficient (Wildman–Crippen LogP) is 5.00. The lowest BCUT2D eigenvalue weighted by Gasteiger charge is -2.14. The largest absolute Gasteiger partial charge is 0.455 e. The molecule has 1 amide bonds. The van der Waals surface area contributed by atoms with Gasteiger partial charge >= 0.3 is 5.69 Å². The van der Waals surface area contributed by atoms with Crippen LogP contribution in [0, 0.1) is 20.2 Å². The molecule has 31 heavy (non-hydrogen) atoms. The molecular formula is C18H13Cl2N5O6. The van der Waals surface area contributed by atoms with Crippen LogP contribution in [0.1, 0.15) is 13.0 Å². The molecule has 160 valence electrons. The molecule has 1 atom stereocenters. The van der Waals surface area contributed by atoms with E-state index in [0.29, 0.717) is 5.02 Å². The number of nitro groups is 2. The van der Waals surface area contributed by atoms with Crippen molar-refractivity contribution in [1.29, 1.82) is 0 Å². The number of non-ortho nitro benzene ring substituents is 1. The van der Waals surface area contributed by atoms with Crippen LogP contribution in [0.3, 0.4) is 0 Å². The highest BCUT2D eigenvalue weighted by Crippen LogP contribution is 2.34. The van der Waals surface area contributed by atoms with Crippen LogP contribution in [0.5, 0.6) is 11.5 Å². The summed E-state index contributed by atoms with van der Waals surface area (Å²) >= 11 is 11.9. The summed E-state index contributed by atoms with van der Waals surface area (Å²) in [6.07, 6.45) is 2.12. The Kier molecular flexibility index (Phi) is 6.37. The first-order valence-electron chi connectivity index (χ1n) is 8.56. The summed E-state index contributed by atoms with van der Waals surface area (Å²) in [6, 6.07) is 7.23. The summed E-state index contributed by atoms with van der Waals surface area (Å²) in [6.45, 7) is 1.47. The molecular weight excluding hydrogens is 453 g/mol. The van der Waals surface area contributed by atoms with Crippen molar-refractivity contribution in [2.75, 3.05) is 5.32 Å². The van der Waals surface area contributed by atoms with E-state index < -0.39 is 21.8 Å². The van der Waals surface area contributed by atoms with Crippen molar-refractivity contribution in [2.45, 2.75) is 13.0 Å². The molecule has 0 radical (unpaired) electrons. The van der Waals surface area contributed by atoms with Gasteiger partial charge in [-0.1, -0.05) is 23.2 Å². The Bertz CT molecular complexity index is 1180. The second-order valence-corrected chi connectivity index (χ2v) is 7.09. The normalized spacial score (nSPS) is 11.6. The SMILES string of the molecule is CC(C(=O)Nc1cc(Oc2ccc(Cl)cc2Cl)cc([N+](=O)[O-])c1)n1cc([N+](=O)[O-])cn1. The van der Waals surface area contributed by atoms with E-state index in [4.69, 9.17) is 27.9 Å². The Balaban J connectivity index is 1.85. The van der Waals surface area contributed by atoms with E-state index in [2.05, 4.69) is 10.4 Å². The van der Waals surface area contributed by atoms with E-state index >= 15 is 0 Å². The van der Waals surface area contributed by atoms with Gasteiger partial charge < -0.3 is 10.1 Å². The highest BCUT2D eigenvalue weighted by atomic mass is 35.5. The van der Waals surface area contributed by atoms with Crippen molar-refractivity contribution in [3.8, 4) is 11.5 Å². The molecule has 13 heteroatoms. The Morgan fingerprint density at radius 3 is 2.45 bits per heavy atom. The fraction of sp³-hybridized carbons (Fsp3) is 0.111. The van der Waals surface area contributed by atoms with Gasteiger partial charge in [-0.05, 0) is 25.1 Å². The van der Waals surface area contributed by atoms with Crippen LogP contribution < -0.4 is 10.1 Å². The van der Waals surface area contributed by atoms with Crippen LogP contribution in [0.4, 0.5) is 17.1 Å². The fourth-order valence-corrected chi connectivity index (χ4v) is 2.95. The number of anilines is 1. The van der Waals surface area contributed by atoms with Gasteiger partial charge in [-0.2, -0.15) is 5.10 Å². The Labute approximate surface area is 184 Å². The smallest absolute Gasteiger partial charge is 0.307 e. The number of nitrogens with one attached hydrogen (secondary N) is 1. The minimum Gasteiger partial charge on any atom is -0.455 e. The number of nitrogens with zero attached hydrogens (tertiary/aromatic N) is 4. The van der Waals surface area contributed by atoms with Gasteiger partial charge in [-0.25, -0.2) is 0 Å². The highest BCUT2D eigenvalue weighted by Gasteiger charge is 2.21. The number of carbonyl (C=O) groups excluding carboxylic acids is 1. The van der Waals surface area contributed by atoms with Gasteiger partial charge in [0.1, 0.15) is 29.9 Å². The monoisotopic (exact) mass is 465 g/mol. The second kappa shape index (κ2) is 8.98. The van der Waals surface area contributed by atoms with Crippen molar-refractivity contribution in [1.82, 2.24) is 9.78 Å². The number of rotatable bonds is 7. The number of nitro benzene ring substituents is 1. The molecule has 0 aliphatic heterocycles. The molecule has 0 saturated carbocycles. The van der Waals surface area contributed by atoms with Crippen molar-refractivity contribution < 1.29 is 19.4 Å². The topological polar surface area (TPSA) is 142 Å². The number of carbonyl (C=O) groups is 1. The third-order valence-corrected chi connectivity index (χ3v) is 4.60. The van der Waals surface area contributed by atoms with Crippen LogP contribution in [0.2, 0.25) is 10.0 Å². The molecule has 1 aromatic heterocycles. The molecule has 3 rings (SSSR count). The Hall–Kier alpha value is -3.70. The van der Waals surface area contributed by atoms with Gasteiger partial charge in [-0.3, -0.25) is 29.7 Å². The molecule has 2 aromatic carbocycles. The number of halogens is 2. The number of hydrogen-bond acceptors (Lipinski definition) is 7. The van der Waals surface area contributed by atoms with Crippen LogP contribution in [-0.2, 0) is 4.79 Å². The van der Waals surface area contributed by atoms with Gasteiger partial charge in [0.05, 0.1) is 26.6 Å². The van der Waals surface area contributed by atoms with Crippen LogP contribution >= 0.6 is 23.2 Å². The maximum absolute atomic E-state index is 12.5. The minimum absolute atomic E-state index is 0.0519. The molecule has 3 aromatic rings. The molecule has 1 N–H and O–H groups in total. The van der Waals surface area contributed by atoms with E-state index in [0.717, 1.165) is 23.1 Å². The van der Waals surface area contributed by atoms with Crippen LogP contribution in [0.25, 0.3) is 0 Å². The molecule has 11 nitrogen and oxygen atoms in total. The van der Waals surface area contributed by atoms with Gasteiger partial charge in [0.2, 0.25) is 5.91 Å². The molecule has 1 heterocycles. The van der Waals surface area contributed by atoms with Gasteiger partial charge in [0.25, 0.3) is 5.69 Å². The van der Waals surface area contributed by atoms with Crippen molar-refractivity contribution >= 4 is 46.2 Å². The zero-order valence-electron chi connectivity index (χ0n) is 15.7. The average Bonchev–Trinajstić information content (AvgIpc) is 3.20.